The van der Waals surface area contributed by atoms with Crippen molar-refractivity contribution < 1.29 is 9.47 Å². The fourth-order valence-corrected chi connectivity index (χ4v) is 0.938. The van der Waals surface area contributed by atoms with E-state index in [1.807, 2.05) is 0 Å². The maximum absolute atomic E-state index is 5.45. The molecule has 1 heterocycles. The van der Waals surface area contributed by atoms with E-state index in [4.69, 9.17) is 9.47 Å². The van der Waals surface area contributed by atoms with Gasteiger partial charge in [0.25, 0.3) is 5.79 Å². The van der Waals surface area contributed by atoms with Crippen LogP contribution in [-0.4, -0.2) is 5.79 Å². The summed E-state index contributed by atoms with van der Waals surface area (Å²) in [6.07, 6.45) is 4.81. The molecule has 0 aromatic rings. The van der Waals surface area contributed by atoms with E-state index >= 15 is 0 Å². The van der Waals surface area contributed by atoms with Gasteiger partial charge in [-0.05, 0) is 0 Å². The van der Waals surface area contributed by atoms with Gasteiger partial charge in [0.15, 0.2) is 0 Å². The third-order valence-electron chi connectivity index (χ3n) is 1.73. The van der Waals surface area contributed by atoms with E-state index in [0.717, 1.165) is 25.0 Å². The molecule has 0 amide bonds. The smallest absolute Gasteiger partial charge is 0.250 e. The molecule has 0 aromatic carbocycles. The minimum Gasteiger partial charge on any atom is -0.456 e. The van der Waals surface area contributed by atoms with Gasteiger partial charge in [-0.15, -0.1) is 0 Å². The number of hydrogen-bond acceptors (Lipinski definition) is 2. The molecule has 2 rings (SSSR count). The van der Waals surface area contributed by atoms with Gasteiger partial charge in [-0.1, -0.05) is 6.92 Å². The van der Waals surface area contributed by atoms with E-state index in [1.165, 1.54) is 0 Å². The molecule has 2 nitrogen and oxygen atoms in total. The SMILES string of the molecule is CCC1=COC2(CC2)O1. The molecule has 2 heteroatoms. The molecule has 0 radical (unpaired) electrons. The summed E-state index contributed by atoms with van der Waals surface area (Å²) in [6, 6.07) is 0. The van der Waals surface area contributed by atoms with Crippen LogP contribution < -0.4 is 0 Å². The lowest BCUT2D eigenvalue weighted by Gasteiger charge is -2.07. The Morgan fingerprint density at radius 3 is 2.78 bits per heavy atom. The maximum atomic E-state index is 5.45. The molecule has 0 atom stereocenters. The highest BCUT2D eigenvalue weighted by Crippen LogP contribution is 2.46. The Morgan fingerprint density at radius 1 is 1.67 bits per heavy atom. The van der Waals surface area contributed by atoms with E-state index in [-0.39, 0.29) is 5.79 Å². The van der Waals surface area contributed by atoms with Crippen LogP contribution in [0.25, 0.3) is 0 Å². The zero-order valence-corrected chi connectivity index (χ0v) is 5.52. The zero-order valence-electron chi connectivity index (χ0n) is 5.52. The average Bonchev–Trinajstić information content (AvgIpc) is 2.44. The second-order valence-electron chi connectivity index (χ2n) is 2.57. The van der Waals surface area contributed by atoms with Crippen LogP contribution in [0.2, 0.25) is 0 Å². The Morgan fingerprint density at radius 2 is 2.44 bits per heavy atom. The summed E-state index contributed by atoms with van der Waals surface area (Å²) in [7, 11) is 0. The molecule has 0 bridgehead atoms. The van der Waals surface area contributed by atoms with Gasteiger partial charge in [0, 0.05) is 19.3 Å². The second kappa shape index (κ2) is 1.43. The van der Waals surface area contributed by atoms with Crippen molar-refractivity contribution in [1.29, 1.82) is 0 Å². The standard InChI is InChI=1S/C7H10O2/c1-2-6-5-8-7(9-6)3-4-7/h5H,2-4H2,1H3. The lowest BCUT2D eigenvalue weighted by atomic mass is 10.4. The average molecular weight is 126 g/mol. The second-order valence-corrected chi connectivity index (χ2v) is 2.57. The van der Waals surface area contributed by atoms with Crippen LogP contribution in [0.1, 0.15) is 26.2 Å². The summed E-state index contributed by atoms with van der Waals surface area (Å²) < 4.78 is 10.7. The molecule has 9 heavy (non-hydrogen) atoms. The molecule has 1 spiro atoms. The fourth-order valence-electron chi connectivity index (χ4n) is 0.938. The van der Waals surface area contributed by atoms with Gasteiger partial charge in [-0.3, -0.25) is 0 Å². The van der Waals surface area contributed by atoms with E-state index in [0.29, 0.717) is 0 Å². The molecule has 0 saturated heterocycles. The minimum atomic E-state index is -0.175. The first kappa shape index (κ1) is 5.15. The van der Waals surface area contributed by atoms with Crippen LogP contribution >= 0.6 is 0 Å². The highest BCUT2D eigenvalue weighted by molar-refractivity contribution is 5.03. The minimum absolute atomic E-state index is 0.175. The van der Waals surface area contributed by atoms with Gasteiger partial charge in [0.1, 0.15) is 12.0 Å². The molecular formula is C7H10O2. The van der Waals surface area contributed by atoms with Gasteiger partial charge < -0.3 is 9.47 Å². The normalized spacial score (nSPS) is 27.0. The molecule has 1 aliphatic heterocycles. The Labute approximate surface area is 54.5 Å². The number of hydrogen-bond donors (Lipinski definition) is 0. The van der Waals surface area contributed by atoms with Crippen LogP contribution in [0.5, 0.6) is 0 Å². The van der Waals surface area contributed by atoms with Crippen molar-refractivity contribution in [1.82, 2.24) is 0 Å². The van der Waals surface area contributed by atoms with Crippen LogP contribution in [-0.2, 0) is 9.47 Å². The molecule has 2 aliphatic rings. The zero-order chi connectivity index (χ0) is 6.32. The molecule has 1 saturated carbocycles. The first-order valence-electron chi connectivity index (χ1n) is 3.40. The molecule has 50 valence electrons. The Hall–Kier alpha value is -0.660. The fraction of sp³-hybridized carbons (Fsp3) is 0.714. The summed E-state index contributed by atoms with van der Waals surface area (Å²) in [5.74, 6) is 0.818. The topological polar surface area (TPSA) is 18.5 Å². The van der Waals surface area contributed by atoms with Crippen molar-refractivity contribution in [3.05, 3.63) is 12.0 Å². The van der Waals surface area contributed by atoms with Gasteiger partial charge in [-0.25, -0.2) is 0 Å². The molecule has 0 N–H and O–H groups in total. The summed E-state index contributed by atoms with van der Waals surface area (Å²) in [5, 5.41) is 0. The van der Waals surface area contributed by atoms with Crippen LogP contribution in [0, 0.1) is 0 Å². The Kier molecular flexibility index (Phi) is 0.821. The lowest BCUT2D eigenvalue weighted by molar-refractivity contribution is -0.0593. The van der Waals surface area contributed by atoms with Crippen molar-refractivity contribution >= 4 is 0 Å². The van der Waals surface area contributed by atoms with E-state index in [1.54, 1.807) is 6.26 Å². The highest BCUT2D eigenvalue weighted by Gasteiger charge is 2.51. The van der Waals surface area contributed by atoms with E-state index in [2.05, 4.69) is 6.92 Å². The van der Waals surface area contributed by atoms with Crippen molar-refractivity contribution in [2.75, 3.05) is 0 Å². The molecule has 1 aliphatic carbocycles. The van der Waals surface area contributed by atoms with E-state index < -0.39 is 0 Å². The third-order valence-corrected chi connectivity index (χ3v) is 1.73. The third kappa shape index (κ3) is 0.696. The quantitative estimate of drug-likeness (QED) is 0.533. The molecule has 0 unspecified atom stereocenters. The molecule has 0 aromatic heterocycles. The van der Waals surface area contributed by atoms with Gasteiger partial charge in [-0.2, -0.15) is 0 Å². The van der Waals surface area contributed by atoms with Crippen molar-refractivity contribution in [3.8, 4) is 0 Å². The molecular weight excluding hydrogens is 116 g/mol. The van der Waals surface area contributed by atoms with Crippen LogP contribution in [0.4, 0.5) is 0 Å². The largest absolute Gasteiger partial charge is 0.456 e. The number of allylic oxidation sites excluding steroid dienone is 1. The number of ether oxygens (including phenoxy) is 2. The van der Waals surface area contributed by atoms with Gasteiger partial charge >= 0.3 is 0 Å². The summed E-state index contributed by atoms with van der Waals surface area (Å²) >= 11 is 0. The van der Waals surface area contributed by atoms with Crippen LogP contribution in [0.3, 0.4) is 0 Å². The monoisotopic (exact) mass is 126 g/mol. The van der Waals surface area contributed by atoms with Crippen LogP contribution in [0.15, 0.2) is 12.0 Å². The Bertz CT molecular complexity index is 156. The van der Waals surface area contributed by atoms with Crippen molar-refractivity contribution in [2.24, 2.45) is 0 Å². The summed E-state index contributed by atoms with van der Waals surface area (Å²) in [4.78, 5) is 0. The first-order chi connectivity index (χ1) is 4.35. The highest BCUT2D eigenvalue weighted by atomic mass is 16.7. The lowest BCUT2D eigenvalue weighted by Crippen LogP contribution is -2.07. The first-order valence-corrected chi connectivity index (χ1v) is 3.40. The predicted octanol–water partition coefficient (Wildman–Crippen LogP) is 1.77. The predicted molar refractivity (Wildman–Crippen MR) is 32.5 cm³/mol. The van der Waals surface area contributed by atoms with E-state index in [9.17, 15) is 0 Å². The number of rotatable bonds is 1. The van der Waals surface area contributed by atoms with Gasteiger partial charge in [0.2, 0.25) is 0 Å². The summed E-state index contributed by atoms with van der Waals surface area (Å²) in [5.41, 5.74) is 0. The summed E-state index contributed by atoms with van der Waals surface area (Å²) in [6.45, 7) is 2.07. The van der Waals surface area contributed by atoms with Crippen molar-refractivity contribution in [2.45, 2.75) is 32.0 Å². The maximum Gasteiger partial charge on any atom is 0.250 e. The van der Waals surface area contributed by atoms with Crippen molar-refractivity contribution in [3.63, 3.8) is 0 Å². The van der Waals surface area contributed by atoms with Gasteiger partial charge in [0.05, 0.1) is 0 Å². The Balaban J connectivity index is 2.02. The molecule has 1 fully saturated rings.